The van der Waals surface area contributed by atoms with Gasteiger partial charge in [-0.2, -0.15) is 13.2 Å². The number of aliphatic hydroxyl groups is 1. The molecule has 0 radical (unpaired) electrons. The highest BCUT2D eigenvalue weighted by atomic mass is 19.4. The summed E-state index contributed by atoms with van der Waals surface area (Å²) in [5, 5.41) is 8.85. The van der Waals surface area contributed by atoms with Crippen LogP contribution in [0.1, 0.15) is 6.92 Å². The summed E-state index contributed by atoms with van der Waals surface area (Å²) in [6, 6.07) is 0. The van der Waals surface area contributed by atoms with Gasteiger partial charge in [-0.15, -0.1) is 0 Å². The molecule has 126 valence electrons. The summed E-state index contributed by atoms with van der Waals surface area (Å²) in [5.74, 6) is -0.651. The maximum Gasteiger partial charge on any atom is 0.414 e. The molecule has 0 saturated heterocycles. The number of carbonyl (C=O) groups excluding carboxylic acids is 1. The largest absolute Gasteiger partial charge is 0.499 e. The monoisotopic (exact) mass is 330 g/mol. The van der Waals surface area contributed by atoms with Crippen LogP contribution >= 0.6 is 0 Å². The minimum Gasteiger partial charge on any atom is -0.499 e. The summed E-state index contributed by atoms with van der Waals surface area (Å²) >= 11 is 0. The molecular weight excluding hydrogens is 313 g/mol. The first-order valence-corrected chi connectivity index (χ1v) is 6.72. The average molecular weight is 330 g/mol. The summed E-state index contributed by atoms with van der Waals surface area (Å²) in [4.78, 5) is 17.4. The Balaban J connectivity index is 3.01. The highest BCUT2D eigenvalue weighted by molar-refractivity contribution is 5.97. The summed E-state index contributed by atoms with van der Waals surface area (Å²) in [6.45, 7) is 0.549. The maximum absolute atomic E-state index is 12.7. The van der Waals surface area contributed by atoms with Crippen LogP contribution in [-0.4, -0.2) is 48.1 Å². The Kier molecular flexibility index (Phi) is 7.27. The zero-order chi connectivity index (χ0) is 17.3. The molecular formula is C15H17F3N2O3. The Morgan fingerprint density at radius 2 is 2.22 bits per heavy atom. The van der Waals surface area contributed by atoms with Crippen molar-refractivity contribution >= 4 is 12.1 Å². The first-order valence-electron chi connectivity index (χ1n) is 6.72. The SMILES string of the molecule is CC=C(C=C(CO)C(F)(F)F)C(=O)N1C=CN=CC=COCC1. The van der Waals surface area contributed by atoms with Gasteiger partial charge in [0.25, 0.3) is 5.91 Å². The highest BCUT2D eigenvalue weighted by Crippen LogP contribution is 2.26. The third kappa shape index (κ3) is 6.11. The summed E-state index contributed by atoms with van der Waals surface area (Å²) in [7, 11) is 0. The number of rotatable bonds is 3. The molecule has 0 fully saturated rings. The van der Waals surface area contributed by atoms with Crippen molar-refractivity contribution in [2.75, 3.05) is 19.8 Å². The lowest BCUT2D eigenvalue weighted by Gasteiger charge is -2.19. The van der Waals surface area contributed by atoms with E-state index in [0.717, 1.165) is 0 Å². The molecule has 1 aliphatic rings. The van der Waals surface area contributed by atoms with Gasteiger partial charge in [-0.1, -0.05) is 6.08 Å². The summed E-state index contributed by atoms with van der Waals surface area (Å²) < 4.78 is 43.2. The van der Waals surface area contributed by atoms with Gasteiger partial charge in [0.05, 0.1) is 25.0 Å². The third-order valence-corrected chi connectivity index (χ3v) is 2.81. The van der Waals surface area contributed by atoms with Gasteiger partial charge in [0.2, 0.25) is 0 Å². The smallest absolute Gasteiger partial charge is 0.414 e. The Morgan fingerprint density at radius 1 is 1.48 bits per heavy atom. The third-order valence-electron chi connectivity index (χ3n) is 2.81. The molecule has 0 aromatic heterocycles. The number of allylic oxidation sites excluding steroid dienone is 2. The van der Waals surface area contributed by atoms with Crippen molar-refractivity contribution in [1.29, 1.82) is 0 Å². The van der Waals surface area contributed by atoms with E-state index < -0.39 is 24.3 Å². The molecule has 1 N–H and O–H groups in total. The molecule has 1 rings (SSSR count). The number of carbonyl (C=O) groups is 1. The van der Waals surface area contributed by atoms with Crippen LogP contribution in [0.4, 0.5) is 13.2 Å². The van der Waals surface area contributed by atoms with Crippen molar-refractivity contribution in [3.05, 3.63) is 48.0 Å². The van der Waals surface area contributed by atoms with Crippen molar-refractivity contribution in [3.8, 4) is 0 Å². The number of halogens is 3. The van der Waals surface area contributed by atoms with Gasteiger partial charge in [0.1, 0.15) is 6.61 Å². The first-order chi connectivity index (χ1) is 10.9. The zero-order valence-corrected chi connectivity index (χ0v) is 12.5. The van der Waals surface area contributed by atoms with Crippen LogP contribution < -0.4 is 0 Å². The van der Waals surface area contributed by atoms with Crippen molar-refractivity contribution in [1.82, 2.24) is 4.90 Å². The first kappa shape index (κ1) is 18.7. The molecule has 0 aromatic rings. The molecule has 23 heavy (non-hydrogen) atoms. The molecule has 1 aliphatic heterocycles. The lowest BCUT2D eigenvalue weighted by atomic mass is 10.1. The number of hydrogen-bond acceptors (Lipinski definition) is 4. The predicted octanol–water partition coefficient (Wildman–Crippen LogP) is 2.33. The second-order valence-electron chi connectivity index (χ2n) is 4.36. The quantitative estimate of drug-likeness (QED) is 0.638. The molecule has 1 heterocycles. The Bertz CT molecular complexity index is 561. The normalized spacial score (nSPS) is 17.2. The summed E-state index contributed by atoms with van der Waals surface area (Å²) in [6.07, 6.45) is 4.29. The van der Waals surface area contributed by atoms with E-state index >= 15 is 0 Å². The summed E-state index contributed by atoms with van der Waals surface area (Å²) in [5.41, 5.74) is -1.38. The molecule has 0 aliphatic carbocycles. The van der Waals surface area contributed by atoms with Gasteiger partial charge in [-0.05, 0) is 19.1 Å². The van der Waals surface area contributed by atoms with Crippen molar-refractivity contribution in [2.45, 2.75) is 13.1 Å². The fourth-order valence-corrected chi connectivity index (χ4v) is 1.61. The fraction of sp³-hybridized carbons (Fsp3) is 0.333. The number of nitrogens with zero attached hydrogens (tertiary/aromatic N) is 2. The van der Waals surface area contributed by atoms with Gasteiger partial charge in [-0.25, -0.2) is 0 Å². The maximum atomic E-state index is 12.7. The Labute approximate surface area is 131 Å². The van der Waals surface area contributed by atoms with Crippen LogP contribution in [0.2, 0.25) is 0 Å². The molecule has 0 unspecified atom stereocenters. The Morgan fingerprint density at radius 3 is 2.83 bits per heavy atom. The van der Waals surface area contributed by atoms with E-state index in [0.29, 0.717) is 6.08 Å². The molecule has 0 aromatic carbocycles. The second-order valence-corrected chi connectivity index (χ2v) is 4.36. The van der Waals surface area contributed by atoms with Crippen LogP contribution in [0.3, 0.4) is 0 Å². The molecule has 5 nitrogen and oxygen atoms in total. The number of aliphatic imine (C=N–C) groups is 1. The molecule has 0 bridgehead atoms. The zero-order valence-electron chi connectivity index (χ0n) is 12.5. The Hall–Kier alpha value is -2.35. The molecule has 0 atom stereocenters. The highest BCUT2D eigenvalue weighted by Gasteiger charge is 2.33. The molecule has 8 heteroatoms. The van der Waals surface area contributed by atoms with Crippen LogP contribution in [-0.2, 0) is 9.53 Å². The molecule has 0 saturated carbocycles. The number of alkyl halides is 3. The average Bonchev–Trinajstić information content (AvgIpc) is 2.51. The number of hydrogen-bond donors (Lipinski definition) is 1. The second kappa shape index (κ2) is 8.94. The standard InChI is InChI=1S/C15H17F3N2O3/c1-2-12(10-13(11-21)15(16,17)18)14(22)20-6-5-19-4-3-8-23-9-7-20/h2-6,8,10,21H,7,9,11H2,1H3. The van der Waals surface area contributed by atoms with Gasteiger partial charge in [0, 0.05) is 24.2 Å². The predicted molar refractivity (Wildman–Crippen MR) is 79.4 cm³/mol. The number of amides is 1. The van der Waals surface area contributed by atoms with Gasteiger partial charge >= 0.3 is 6.18 Å². The van der Waals surface area contributed by atoms with E-state index in [9.17, 15) is 18.0 Å². The van der Waals surface area contributed by atoms with Crippen molar-refractivity contribution in [3.63, 3.8) is 0 Å². The van der Waals surface area contributed by atoms with Crippen molar-refractivity contribution in [2.24, 2.45) is 4.99 Å². The lowest BCUT2D eigenvalue weighted by molar-refractivity contribution is -0.124. The minimum atomic E-state index is -4.71. The van der Waals surface area contributed by atoms with Gasteiger partial charge in [-0.3, -0.25) is 9.79 Å². The van der Waals surface area contributed by atoms with E-state index in [-0.39, 0.29) is 18.7 Å². The minimum absolute atomic E-state index is 0.140. The van der Waals surface area contributed by atoms with Crippen LogP contribution in [0.5, 0.6) is 0 Å². The number of ether oxygens (including phenoxy) is 1. The van der Waals surface area contributed by atoms with E-state index in [4.69, 9.17) is 9.84 Å². The fourth-order valence-electron chi connectivity index (χ4n) is 1.61. The lowest BCUT2D eigenvalue weighted by Crippen LogP contribution is -2.30. The van der Waals surface area contributed by atoms with E-state index in [1.807, 2.05) is 0 Å². The van der Waals surface area contributed by atoms with E-state index in [1.165, 1.54) is 42.8 Å². The molecule has 0 spiro atoms. The molecule has 1 amide bonds. The topological polar surface area (TPSA) is 62.1 Å². The number of aliphatic hydroxyl groups excluding tert-OH is 1. The van der Waals surface area contributed by atoms with Crippen LogP contribution in [0, 0.1) is 0 Å². The van der Waals surface area contributed by atoms with Crippen molar-refractivity contribution < 1.29 is 27.8 Å². The van der Waals surface area contributed by atoms with Gasteiger partial charge in [0.15, 0.2) is 0 Å². The van der Waals surface area contributed by atoms with Crippen LogP contribution in [0.15, 0.2) is 53.0 Å². The van der Waals surface area contributed by atoms with E-state index in [2.05, 4.69) is 4.99 Å². The van der Waals surface area contributed by atoms with Crippen LogP contribution in [0.25, 0.3) is 0 Å². The van der Waals surface area contributed by atoms with E-state index in [1.54, 1.807) is 6.08 Å². The van der Waals surface area contributed by atoms with Gasteiger partial charge < -0.3 is 14.7 Å².